The summed E-state index contributed by atoms with van der Waals surface area (Å²) in [5, 5.41) is 7.13. The van der Waals surface area contributed by atoms with Crippen LogP contribution in [0.4, 0.5) is 0 Å². The maximum atomic E-state index is 12.5. The van der Waals surface area contributed by atoms with Crippen LogP contribution in [0.1, 0.15) is 40.3 Å². The standard InChI is InChI=1S/C16H21N5O/c1-11-7-19-20-14(11)6-13-4-3-5-21(10-13)16(22)15-9-17-12(2)8-18-15/h7-9,13H,3-6,10H2,1-2H3,(H,19,20)/t13-/m0/s1. The van der Waals surface area contributed by atoms with E-state index in [0.29, 0.717) is 11.6 Å². The summed E-state index contributed by atoms with van der Waals surface area (Å²) in [7, 11) is 0. The average molecular weight is 299 g/mol. The lowest BCUT2D eigenvalue weighted by atomic mass is 9.92. The van der Waals surface area contributed by atoms with E-state index < -0.39 is 0 Å². The molecule has 1 aliphatic rings. The molecule has 0 saturated carbocycles. The molecular formula is C16H21N5O. The van der Waals surface area contributed by atoms with Crippen LogP contribution in [0.15, 0.2) is 18.6 Å². The van der Waals surface area contributed by atoms with Crippen LogP contribution < -0.4 is 0 Å². The second-order valence-corrected chi connectivity index (χ2v) is 6.04. The Morgan fingerprint density at radius 3 is 2.86 bits per heavy atom. The SMILES string of the molecule is Cc1cnc(C(=O)N2CCC[C@@H](Cc3[nH]ncc3C)C2)cn1. The van der Waals surface area contributed by atoms with Crippen LogP contribution in [0.5, 0.6) is 0 Å². The number of aryl methyl sites for hydroxylation is 2. The van der Waals surface area contributed by atoms with E-state index in [1.807, 2.05) is 18.0 Å². The highest BCUT2D eigenvalue weighted by atomic mass is 16.2. The van der Waals surface area contributed by atoms with Crippen LogP contribution in [-0.4, -0.2) is 44.1 Å². The van der Waals surface area contributed by atoms with E-state index in [1.54, 1.807) is 12.4 Å². The van der Waals surface area contributed by atoms with Crippen molar-refractivity contribution in [2.45, 2.75) is 33.1 Å². The maximum Gasteiger partial charge on any atom is 0.274 e. The fourth-order valence-electron chi connectivity index (χ4n) is 2.95. The molecule has 22 heavy (non-hydrogen) atoms. The summed E-state index contributed by atoms with van der Waals surface area (Å²) in [6.07, 6.45) is 8.17. The second-order valence-electron chi connectivity index (χ2n) is 6.04. The van der Waals surface area contributed by atoms with Gasteiger partial charge in [-0.3, -0.25) is 14.9 Å². The van der Waals surface area contributed by atoms with E-state index in [9.17, 15) is 4.79 Å². The van der Waals surface area contributed by atoms with Gasteiger partial charge >= 0.3 is 0 Å². The Balaban J connectivity index is 1.66. The first-order valence-corrected chi connectivity index (χ1v) is 7.70. The Morgan fingerprint density at radius 1 is 1.32 bits per heavy atom. The fourth-order valence-corrected chi connectivity index (χ4v) is 2.95. The fraction of sp³-hybridized carbons (Fsp3) is 0.500. The molecular weight excluding hydrogens is 278 g/mol. The molecule has 0 aliphatic carbocycles. The van der Waals surface area contributed by atoms with Gasteiger partial charge < -0.3 is 4.90 Å². The lowest BCUT2D eigenvalue weighted by Gasteiger charge is -2.32. The van der Waals surface area contributed by atoms with E-state index in [4.69, 9.17) is 0 Å². The zero-order chi connectivity index (χ0) is 15.5. The van der Waals surface area contributed by atoms with Crippen molar-refractivity contribution >= 4 is 5.91 Å². The normalized spacial score (nSPS) is 18.5. The summed E-state index contributed by atoms with van der Waals surface area (Å²) in [6, 6.07) is 0. The van der Waals surface area contributed by atoms with Crippen LogP contribution in [0.3, 0.4) is 0 Å². The Bertz CT molecular complexity index is 649. The van der Waals surface area contributed by atoms with Gasteiger partial charge in [-0.2, -0.15) is 5.10 Å². The molecule has 0 bridgehead atoms. The highest BCUT2D eigenvalue weighted by Crippen LogP contribution is 2.22. The smallest absolute Gasteiger partial charge is 0.274 e. The van der Waals surface area contributed by atoms with Gasteiger partial charge in [0.05, 0.1) is 18.1 Å². The number of aromatic nitrogens is 4. The number of hydrogen-bond donors (Lipinski definition) is 1. The minimum Gasteiger partial charge on any atom is -0.337 e. The number of amides is 1. The molecule has 3 heterocycles. The molecule has 0 aromatic carbocycles. The van der Waals surface area contributed by atoms with Gasteiger partial charge in [0.15, 0.2) is 0 Å². The molecule has 0 unspecified atom stereocenters. The highest BCUT2D eigenvalue weighted by Gasteiger charge is 2.26. The number of H-pyrrole nitrogens is 1. The third kappa shape index (κ3) is 3.16. The van der Waals surface area contributed by atoms with Gasteiger partial charge in [0.1, 0.15) is 5.69 Å². The Hall–Kier alpha value is -2.24. The van der Waals surface area contributed by atoms with E-state index in [0.717, 1.165) is 38.0 Å². The monoisotopic (exact) mass is 299 g/mol. The number of likely N-dealkylation sites (tertiary alicyclic amines) is 1. The van der Waals surface area contributed by atoms with Crippen molar-refractivity contribution in [1.82, 2.24) is 25.1 Å². The number of hydrogen-bond acceptors (Lipinski definition) is 4. The summed E-state index contributed by atoms with van der Waals surface area (Å²) in [4.78, 5) is 22.8. The van der Waals surface area contributed by atoms with Crippen LogP contribution in [0.2, 0.25) is 0 Å². The minimum atomic E-state index is -0.0152. The van der Waals surface area contributed by atoms with Crippen molar-refractivity contribution in [1.29, 1.82) is 0 Å². The van der Waals surface area contributed by atoms with Gasteiger partial charge in [-0.1, -0.05) is 0 Å². The van der Waals surface area contributed by atoms with E-state index in [2.05, 4.69) is 27.1 Å². The van der Waals surface area contributed by atoms with Crippen molar-refractivity contribution < 1.29 is 4.79 Å². The zero-order valence-electron chi connectivity index (χ0n) is 13.0. The molecule has 1 N–H and O–H groups in total. The van der Waals surface area contributed by atoms with E-state index in [1.165, 1.54) is 11.3 Å². The van der Waals surface area contributed by atoms with Crippen LogP contribution in [0.25, 0.3) is 0 Å². The van der Waals surface area contributed by atoms with Crippen LogP contribution >= 0.6 is 0 Å². The first-order valence-electron chi connectivity index (χ1n) is 7.70. The molecule has 1 aliphatic heterocycles. The Kier molecular flexibility index (Phi) is 4.18. The van der Waals surface area contributed by atoms with Crippen molar-refractivity contribution in [3.63, 3.8) is 0 Å². The van der Waals surface area contributed by atoms with Crippen molar-refractivity contribution in [3.05, 3.63) is 41.2 Å². The zero-order valence-corrected chi connectivity index (χ0v) is 13.0. The van der Waals surface area contributed by atoms with Gasteiger partial charge in [-0.15, -0.1) is 0 Å². The molecule has 2 aromatic rings. The summed E-state index contributed by atoms with van der Waals surface area (Å²) >= 11 is 0. The number of carbonyl (C=O) groups excluding carboxylic acids is 1. The van der Waals surface area contributed by atoms with Gasteiger partial charge in [0.25, 0.3) is 5.91 Å². The molecule has 3 rings (SSSR count). The minimum absolute atomic E-state index is 0.0152. The second kappa shape index (κ2) is 6.25. The summed E-state index contributed by atoms with van der Waals surface area (Å²) in [5.74, 6) is 0.453. The van der Waals surface area contributed by atoms with Gasteiger partial charge in [0, 0.05) is 25.0 Å². The molecule has 1 saturated heterocycles. The number of piperidine rings is 1. The third-order valence-electron chi connectivity index (χ3n) is 4.23. The molecule has 2 aromatic heterocycles. The third-order valence-corrected chi connectivity index (χ3v) is 4.23. The van der Waals surface area contributed by atoms with E-state index in [-0.39, 0.29) is 5.91 Å². The van der Waals surface area contributed by atoms with Crippen LogP contribution in [-0.2, 0) is 6.42 Å². The largest absolute Gasteiger partial charge is 0.337 e. The number of nitrogens with one attached hydrogen (secondary N) is 1. The van der Waals surface area contributed by atoms with Gasteiger partial charge in [-0.05, 0) is 44.6 Å². The lowest BCUT2D eigenvalue weighted by molar-refractivity contribution is 0.0666. The first kappa shape index (κ1) is 14.7. The first-order chi connectivity index (χ1) is 10.6. The van der Waals surface area contributed by atoms with Crippen molar-refractivity contribution in [3.8, 4) is 0 Å². The number of nitrogens with zero attached hydrogens (tertiary/aromatic N) is 4. The predicted molar refractivity (Wildman–Crippen MR) is 82.4 cm³/mol. The summed E-state index contributed by atoms with van der Waals surface area (Å²) < 4.78 is 0. The maximum absolute atomic E-state index is 12.5. The number of aromatic amines is 1. The Labute approximate surface area is 130 Å². The summed E-state index contributed by atoms with van der Waals surface area (Å²) in [5.41, 5.74) is 3.62. The highest BCUT2D eigenvalue weighted by molar-refractivity contribution is 5.92. The topological polar surface area (TPSA) is 74.8 Å². The average Bonchev–Trinajstić information content (AvgIpc) is 2.93. The predicted octanol–water partition coefficient (Wildman–Crippen LogP) is 1.91. The van der Waals surface area contributed by atoms with E-state index >= 15 is 0 Å². The molecule has 116 valence electrons. The molecule has 1 atom stereocenters. The van der Waals surface area contributed by atoms with Crippen LogP contribution in [0, 0.1) is 19.8 Å². The van der Waals surface area contributed by atoms with Crippen molar-refractivity contribution in [2.24, 2.45) is 5.92 Å². The lowest BCUT2D eigenvalue weighted by Crippen LogP contribution is -2.41. The molecule has 1 fully saturated rings. The molecule has 0 spiro atoms. The van der Waals surface area contributed by atoms with Gasteiger partial charge in [-0.25, -0.2) is 4.98 Å². The molecule has 6 nitrogen and oxygen atoms in total. The summed E-state index contributed by atoms with van der Waals surface area (Å²) in [6.45, 7) is 5.50. The molecule has 0 radical (unpaired) electrons. The quantitative estimate of drug-likeness (QED) is 0.939. The molecule has 1 amide bonds. The number of carbonyl (C=O) groups is 1. The Morgan fingerprint density at radius 2 is 2.18 bits per heavy atom. The van der Waals surface area contributed by atoms with Crippen molar-refractivity contribution in [2.75, 3.05) is 13.1 Å². The number of rotatable bonds is 3. The van der Waals surface area contributed by atoms with Gasteiger partial charge in [0.2, 0.25) is 0 Å². The molecule has 6 heteroatoms.